The van der Waals surface area contributed by atoms with Gasteiger partial charge in [-0.3, -0.25) is 14.5 Å². The number of ketones is 1. The van der Waals surface area contributed by atoms with Crippen molar-refractivity contribution >= 4 is 17.8 Å². The maximum Gasteiger partial charge on any atom is 0.255 e. The van der Waals surface area contributed by atoms with E-state index >= 15 is 0 Å². The number of methoxy groups -OCH3 is 1. The number of nitrogens with zero attached hydrogens (tertiary/aromatic N) is 1. The number of hydrogen-bond donors (Lipinski definition) is 1. The molecule has 0 fully saturated rings. The van der Waals surface area contributed by atoms with Gasteiger partial charge in [-0.1, -0.05) is 37.3 Å². The summed E-state index contributed by atoms with van der Waals surface area (Å²) in [5.74, 6) is 0.661. The van der Waals surface area contributed by atoms with Gasteiger partial charge in [-0.25, -0.2) is 0 Å². The minimum atomic E-state index is -0.0942. The van der Waals surface area contributed by atoms with Crippen LogP contribution in [0.4, 0.5) is 0 Å². The molecule has 5 nitrogen and oxygen atoms in total. The van der Waals surface area contributed by atoms with Crippen LogP contribution in [0.5, 0.6) is 5.75 Å². The summed E-state index contributed by atoms with van der Waals surface area (Å²) < 4.78 is 5.29. The average Bonchev–Trinajstić information content (AvgIpc) is 3.21. The lowest BCUT2D eigenvalue weighted by Gasteiger charge is -2.35. The van der Waals surface area contributed by atoms with Crippen LogP contribution in [0.25, 0.3) is 6.08 Å². The highest BCUT2D eigenvalue weighted by Crippen LogP contribution is 2.33. The van der Waals surface area contributed by atoms with Crippen LogP contribution in [0.2, 0.25) is 0 Å². The molecule has 32 heavy (non-hydrogen) atoms. The number of para-hydroxylation sites is 1. The molecule has 0 saturated carbocycles. The van der Waals surface area contributed by atoms with E-state index in [0.29, 0.717) is 23.9 Å². The number of allylic oxidation sites excluding steroid dienone is 1. The number of benzene rings is 2. The Balaban J connectivity index is 1.33. The van der Waals surface area contributed by atoms with Crippen molar-refractivity contribution in [2.45, 2.75) is 45.1 Å². The number of amides is 1. The van der Waals surface area contributed by atoms with E-state index in [1.54, 1.807) is 25.3 Å². The van der Waals surface area contributed by atoms with E-state index in [9.17, 15) is 9.59 Å². The predicted molar refractivity (Wildman–Crippen MR) is 127 cm³/mol. The van der Waals surface area contributed by atoms with Crippen LogP contribution in [-0.2, 0) is 12.8 Å². The standard InChI is InChI=1S/C27H32N2O3/c1-3-16-29(17-6-15-28-27(31)23-7-4-5-8-25(23)32-2)21-12-13-22-20(18-21)10-9-19-11-14-24(30)26(19)22/h4-5,7-11,14,21H,3,6,12-13,15-18H2,1-2H3,(H,28,31)/t21-/m1/s1. The monoisotopic (exact) mass is 432 g/mol. The highest BCUT2D eigenvalue weighted by atomic mass is 16.5. The molecule has 0 bridgehead atoms. The maximum absolute atomic E-state index is 12.5. The van der Waals surface area contributed by atoms with Crippen LogP contribution < -0.4 is 10.1 Å². The Bertz CT molecular complexity index is 1030. The molecule has 1 amide bonds. The smallest absolute Gasteiger partial charge is 0.255 e. The van der Waals surface area contributed by atoms with Gasteiger partial charge in [0.2, 0.25) is 0 Å². The topological polar surface area (TPSA) is 58.6 Å². The molecule has 2 aliphatic rings. The highest BCUT2D eigenvalue weighted by Gasteiger charge is 2.28. The lowest BCUT2D eigenvalue weighted by Crippen LogP contribution is -2.41. The molecule has 0 heterocycles. The van der Waals surface area contributed by atoms with Crippen LogP contribution in [-0.4, -0.2) is 49.4 Å². The van der Waals surface area contributed by atoms with E-state index in [0.717, 1.165) is 56.3 Å². The number of nitrogens with one attached hydrogen (secondary N) is 1. The zero-order valence-corrected chi connectivity index (χ0v) is 19.0. The highest BCUT2D eigenvalue weighted by molar-refractivity contribution is 6.14. The molecule has 1 atom stereocenters. The molecule has 2 aromatic carbocycles. The van der Waals surface area contributed by atoms with E-state index in [1.165, 1.54) is 11.1 Å². The van der Waals surface area contributed by atoms with E-state index < -0.39 is 0 Å². The Kier molecular flexibility index (Phi) is 7.05. The van der Waals surface area contributed by atoms with Gasteiger partial charge in [0, 0.05) is 24.7 Å². The average molecular weight is 433 g/mol. The van der Waals surface area contributed by atoms with Gasteiger partial charge in [-0.15, -0.1) is 0 Å². The number of carbonyl (C=O) groups is 2. The van der Waals surface area contributed by atoms with Crippen molar-refractivity contribution in [2.24, 2.45) is 0 Å². The number of hydrogen-bond acceptors (Lipinski definition) is 4. The van der Waals surface area contributed by atoms with Gasteiger partial charge in [-0.2, -0.15) is 0 Å². The second kappa shape index (κ2) is 10.1. The van der Waals surface area contributed by atoms with Crippen molar-refractivity contribution in [3.05, 3.63) is 70.3 Å². The second-order valence-electron chi connectivity index (χ2n) is 8.61. The molecule has 5 heteroatoms. The summed E-state index contributed by atoms with van der Waals surface area (Å²) in [7, 11) is 1.58. The van der Waals surface area contributed by atoms with E-state index in [2.05, 4.69) is 29.3 Å². The molecule has 168 valence electrons. The Morgan fingerprint density at radius 1 is 1.16 bits per heavy atom. The molecular formula is C27H32N2O3. The van der Waals surface area contributed by atoms with Crippen LogP contribution in [0, 0.1) is 0 Å². The van der Waals surface area contributed by atoms with Crippen molar-refractivity contribution in [3.63, 3.8) is 0 Å². The van der Waals surface area contributed by atoms with Gasteiger partial charge < -0.3 is 10.1 Å². The summed E-state index contributed by atoms with van der Waals surface area (Å²) in [5, 5.41) is 3.03. The first-order chi connectivity index (χ1) is 15.6. The summed E-state index contributed by atoms with van der Waals surface area (Å²) in [4.78, 5) is 27.4. The lowest BCUT2D eigenvalue weighted by atomic mass is 9.83. The normalized spacial score (nSPS) is 16.7. The second-order valence-corrected chi connectivity index (χ2v) is 8.61. The largest absolute Gasteiger partial charge is 0.496 e. The first-order valence-corrected chi connectivity index (χ1v) is 11.6. The SMILES string of the molecule is CCCN(CCCNC(=O)c1ccccc1OC)[C@@H]1CCc2c(ccc3c2C(=O)C=C3)C1. The Morgan fingerprint density at radius 3 is 2.81 bits per heavy atom. The molecule has 0 aromatic heterocycles. The summed E-state index contributed by atoms with van der Waals surface area (Å²) in [6.07, 6.45) is 8.65. The van der Waals surface area contributed by atoms with Crippen LogP contribution in [0.3, 0.4) is 0 Å². The fraction of sp³-hybridized carbons (Fsp3) is 0.407. The molecule has 2 aromatic rings. The molecule has 4 rings (SSSR count). The molecule has 1 N–H and O–H groups in total. The Hall–Kier alpha value is -2.92. The van der Waals surface area contributed by atoms with Gasteiger partial charge in [0.15, 0.2) is 5.78 Å². The van der Waals surface area contributed by atoms with Crippen molar-refractivity contribution in [2.75, 3.05) is 26.7 Å². The van der Waals surface area contributed by atoms with Crippen LogP contribution >= 0.6 is 0 Å². The third-order valence-electron chi connectivity index (χ3n) is 6.57. The summed E-state index contributed by atoms with van der Waals surface area (Å²) in [6.45, 7) is 4.84. The van der Waals surface area contributed by atoms with Crippen molar-refractivity contribution in [1.82, 2.24) is 10.2 Å². The first-order valence-electron chi connectivity index (χ1n) is 11.6. The molecule has 0 aliphatic heterocycles. The molecule has 2 aliphatic carbocycles. The Labute approximate surface area is 190 Å². The van der Waals surface area contributed by atoms with Crippen molar-refractivity contribution in [1.29, 1.82) is 0 Å². The van der Waals surface area contributed by atoms with E-state index in [1.807, 2.05) is 18.2 Å². The third kappa shape index (κ3) is 4.63. The first kappa shape index (κ1) is 22.3. The molecule has 0 saturated heterocycles. The van der Waals surface area contributed by atoms with E-state index in [-0.39, 0.29) is 11.7 Å². The van der Waals surface area contributed by atoms with Gasteiger partial charge in [0.1, 0.15) is 5.75 Å². The summed E-state index contributed by atoms with van der Waals surface area (Å²) in [6, 6.07) is 12.1. The number of ether oxygens (including phenoxy) is 1. The quantitative estimate of drug-likeness (QED) is 0.601. The molecule has 0 spiro atoms. The molecule has 0 unspecified atom stereocenters. The maximum atomic E-state index is 12.5. The molecule has 0 radical (unpaired) electrons. The summed E-state index contributed by atoms with van der Waals surface area (Å²) in [5.41, 5.74) is 5.16. The zero-order chi connectivity index (χ0) is 22.5. The third-order valence-corrected chi connectivity index (χ3v) is 6.57. The van der Waals surface area contributed by atoms with Gasteiger partial charge in [-0.05, 0) is 73.5 Å². The Morgan fingerprint density at radius 2 is 2.00 bits per heavy atom. The fourth-order valence-electron chi connectivity index (χ4n) is 5.02. The zero-order valence-electron chi connectivity index (χ0n) is 19.0. The molecular weight excluding hydrogens is 400 g/mol. The minimum absolute atomic E-state index is 0.0942. The van der Waals surface area contributed by atoms with Crippen molar-refractivity contribution in [3.8, 4) is 5.75 Å². The summed E-state index contributed by atoms with van der Waals surface area (Å²) >= 11 is 0. The fourth-order valence-corrected chi connectivity index (χ4v) is 5.02. The lowest BCUT2D eigenvalue weighted by molar-refractivity contribution is 0.0945. The van der Waals surface area contributed by atoms with Gasteiger partial charge >= 0.3 is 0 Å². The number of rotatable bonds is 9. The minimum Gasteiger partial charge on any atom is -0.496 e. The van der Waals surface area contributed by atoms with Crippen molar-refractivity contribution < 1.29 is 14.3 Å². The number of fused-ring (bicyclic) bond motifs is 3. The van der Waals surface area contributed by atoms with Crippen LogP contribution in [0.15, 0.2) is 42.5 Å². The predicted octanol–water partition coefficient (Wildman–Crippen LogP) is 4.29. The number of carbonyl (C=O) groups excluding carboxylic acids is 2. The van der Waals surface area contributed by atoms with Crippen LogP contribution in [0.1, 0.15) is 63.6 Å². The van der Waals surface area contributed by atoms with Gasteiger partial charge in [0.05, 0.1) is 12.7 Å². The van der Waals surface area contributed by atoms with E-state index in [4.69, 9.17) is 4.74 Å². The van der Waals surface area contributed by atoms with Gasteiger partial charge in [0.25, 0.3) is 5.91 Å².